The van der Waals surface area contributed by atoms with Crippen molar-refractivity contribution in [2.45, 2.75) is 148 Å². The van der Waals surface area contributed by atoms with Gasteiger partial charge in [-0.05, 0) is 54.7 Å². The molecule has 0 heterocycles. The summed E-state index contributed by atoms with van der Waals surface area (Å²) in [4.78, 5) is 143. The van der Waals surface area contributed by atoms with Crippen LogP contribution in [0.1, 0.15) is 109 Å². The van der Waals surface area contributed by atoms with Crippen LogP contribution in [0, 0.1) is 18.3 Å². The normalized spacial score (nSPS) is 14.4. The molecule has 0 fully saturated rings. The van der Waals surface area contributed by atoms with E-state index in [1.807, 2.05) is 5.32 Å². The molecule has 2 rings (SSSR count). The Morgan fingerprint density at radius 2 is 1.07 bits per heavy atom. The van der Waals surface area contributed by atoms with Gasteiger partial charge in [-0.2, -0.15) is 13.2 Å². The lowest BCUT2D eigenvalue weighted by Gasteiger charge is -2.34. The molecule has 7 atom stereocenters. The smallest absolute Gasteiger partial charge is 0.391 e. The number of carbonyl (C=O) groups is 11. The van der Waals surface area contributed by atoms with Crippen molar-refractivity contribution in [2.24, 2.45) is 11.3 Å². The highest BCUT2D eigenvalue weighted by Gasteiger charge is 2.42. The molecule has 2 aromatic rings. The van der Waals surface area contributed by atoms with Crippen LogP contribution < -0.4 is 37.2 Å². The molecule has 7 amide bonds. The topological polar surface area (TPSA) is 333 Å². The van der Waals surface area contributed by atoms with Crippen molar-refractivity contribution in [2.75, 3.05) is 0 Å². The Kier molecular flexibility index (Phi) is 23.5. The summed E-state index contributed by atoms with van der Waals surface area (Å²) in [5.74, 6) is -14.6. The minimum atomic E-state index is -5.05. The lowest BCUT2D eigenvalue weighted by Crippen LogP contribution is -2.62. The Hall–Kier alpha value is -7.40. The fourth-order valence-electron chi connectivity index (χ4n) is 7.06. The van der Waals surface area contributed by atoms with Crippen molar-refractivity contribution in [3.05, 3.63) is 71.3 Å². The molecule has 21 nitrogen and oxygen atoms in total. The van der Waals surface area contributed by atoms with E-state index >= 15 is 0 Å². The van der Waals surface area contributed by atoms with E-state index in [-0.39, 0.29) is 12.8 Å². The molecule has 0 aliphatic carbocycles. The molecule has 0 saturated carbocycles. The molecule has 0 aliphatic heterocycles. The fourth-order valence-corrected chi connectivity index (χ4v) is 7.06. The summed E-state index contributed by atoms with van der Waals surface area (Å²) in [6, 6.07) is 3.09. The minimum absolute atomic E-state index is 0.207. The van der Waals surface area contributed by atoms with Gasteiger partial charge < -0.3 is 52.5 Å². The number of Topliss-reactive ketones (excluding diaryl/α,β-unsaturated/α-hetero) is 1. The first-order valence-corrected chi connectivity index (χ1v) is 22.9. The molecular weight excluding hydrogens is 956 g/mol. The highest BCUT2D eigenvalue weighted by molar-refractivity contribution is 6.38. The van der Waals surface area contributed by atoms with Crippen molar-refractivity contribution in [3.8, 4) is 0 Å². The molecule has 396 valence electrons. The summed E-state index contributed by atoms with van der Waals surface area (Å²) >= 11 is 0. The van der Waals surface area contributed by atoms with Crippen LogP contribution in [0.15, 0.2) is 54.6 Å². The summed E-state index contributed by atoms with van der Waals surface area (Å²) in [7, 11) is 0. The predicted octanol–water partition coefficient (Wildman–Crippen LogP) is 2.14. The quantitative estimate of drug-likeness (QED) is 0.0547. The molecule has 0 saturated heterocycles. The van der Waals surface area contributed by atoms with E-state index in [1.54, 1.807) is 75.4 Å². The zero-order chi connectivity index (χ0) is 54.7. The number of ketones is 1. The molecule has 0 bridgehead atoms. The van der Waals surface area contributed by atoms with Gasteiger partial charge in [0.1, 0.15) is 36.3 Å². The summed E-state index contributed by atoms with van der Waals surface area (Å²) in [6.45, 7) is 11.0. The Labute approximate surface area is 413 Å². The third kappa shape index (κ3) is 21.7. The third-order valence-electron chi connectivity index (χ3n) is 10.9. The van der Waals surface area contributed by atoms with Crippen molar-refractivity contribution < 1.29 is 81.2 Å². The number of alkyl halides is 3. The van der Waals surface area contributed by atoms with Crippen LogP contribution in [0.25, 0.3) is 0 Å². The summed E-state index contributed by atoms with van der Waals surface area (Å²) in [5.41, 5.74) is 0.441. The molecule has 0 aliphatic rings. The van der Waals surface area contributed by atoms with E-state index in [0.717, 1.165) is 0 Å². The highest BCUT2D eigenvalue weighted by Crippen LogP contribution is 2.24. The average Bonchev–Trinajstić information content (AvgIpc) is 3.27. The predicted molar refractivity (Wildman–Crippen MR) is 250 cm³/mol. The number of carboxylic acid groups (broad SMARTS) is 3. The maximum Gasteiger partial charge on any atom is 0.391 e. The average molecular weight is 1020 g/mol. The molecule has 2 aromatic carbocycles. The molecular formula is C48H64F3N7O14. The molecule has 0 radical (unpaired) electrons. The number of nitrogens with one attached hydrogen (secondary N) is 7. The Balaban J connectivity index is 2.50. The number of aliphatic carboxylic acids is 3. The van der Waals surface area contributed by atoms with Gasteiger partial charge in [-0.25, -0.2) is 0 Å². The number of carboxylic acids is 3. The molecule has 72 heavy (non-hydrogen) atoms. The number of carbonyl (C=O) groups excluding carboxylic acids is 8. The lowest BCUT2D eigenvalue weighted by atomic mass is 9.85. The Bertz CT molecular complexity index is 2290. The molecule has 0 aromatic heterocycles. The standard InChI is InChI=1S/C48H64F3N7O14/c1-25(2)21-31(42(68)57-34(24-48(49,50)51)39(66)45(71)52-27(4)28-14-9-8-10-15-28)56-46(72)40(47(5,6)7)58-44(70)32(22-29-16-12-11-13-26(29)3)55-41(67)30(17-19-36(60)61)54-43(69)33(23-38(64)65)53-35(59)18-20-37(62)63/h8-16,25,27,30-34,40H,17-24H2,1-7H3,(H,52,71)(H,53,59)(H,54,69)(H,55,67)(H,56,72)(H,57,68)(H,58,70)(H,60,61)(H,62,63)(H,64,65)/t27-,30-,31-,32-,33-,34-,40+/m0/s1. The Morgan fingerprint density at radius 3 is 1.61 bits per heavy atom. The van der Waals surface area contributed by atoms with E-state index in [2.05, 4.69) is 31.9 Å². The third-order valence-corrected chi connectivity index (χ3v) is 10.9. The number of hydrogen-bond donors (Lipinski definition) is 10. The Morgan fingerprint density at radius 1 is 0.556 bits per heavy atom. The second kappa shape index (κ2) is 27.8. The fraction of sp³-hybridized carbons (Fsp3) is 0.521. The number of hydrogen-bond acceptors (Lipinski definition) is 11. The first-order chi connectivity index (χ1) is 33.4. The zero-order valence-corrected chi connectivity index (χ0v) is 40.9. The van der Waals surface area contributed by atoms with Gasteiger partial charge in [-0.1, -0.05) is 89.2 Å². The van der Waals surface area contributed by atoms with Crippen LogP contribution in [0.5, 0.6) is 0 Å². The molecule has 10 N–H and O–H groups in total. The van der Waals surface area contributed by atoms with Crippen LogP contribution in [-0.4, -0.2) is 123 Å². The van der Waals surface area contributed by atoms with Crippen LogP contribution >= 0.6 is 0 Å². The maximum absolute atomic E-state index is 14.4. The maximum atomic E-state index is 14.4. The SMILES string of the molecule is Cc1ccccc1C[C@H](NC(=O)[C@H](CCC(=O)O)NC(=O)[C@H](CC(=O)O)NC(=O)CCC(=O)O)C(=O)N[C@H](C(=O)N[C@@H](CC(C)C)C(=O)N[C@@H](CC(F)(F)F)C(=O)C(=O)N[C@@H](C)c1ccccc1)C(C)(C)C. The van der Waals surface area contributed by atoms with Gasteiger partial charge in [0.25, 0.3) is 5.91 Å². The number of aryl methyl sites for hydroxylation is 1. The van der Waals surface area contributed by atoms with E-state index < -0.39 is 163 Å². The minimum Gasteiger partial charge on any atom is -0.481 e. The number of rotatable bonds is 28. The van der Waals surface area contributed by atoms with Crippen molar-refractivity contribution in [1.29, 1.82) is 0 Å². The second-order valence-electron chi connectivity index (χ2n) is 18.6. The second-order valence-corrected chi connectivity index (χ2v) is 18.6. The van der Waals surface area contributed by atoms with Crippen LogP contribution in [-0.2, 0) is 59.2 Å². The number of halogens is 3. The zero-order valence-electron chi connectivity index (χ0n) is 40.9. The molecule has 0 unspecified atom stereocenters. The first kappa shape index (κ1) is 60.7. The van der Waals surface area contributed by atoms with E-state index in [0.29, 0.717) is 16.7 Å². The monoisotopic (exact) mass is 1020 g/mol. The lowest BCUT2D eigenvalue weighted by molar-refractivity contribution is -0.154. The van der Waals surface area contributed by atoms with Gasteiger partial charge in [-0.15, -0.1) is 0 Å². The van der Waals surface area contributed by atoms with Gasteiger partial charge in [0.05, 0.1) is 25.3 Å². The molecule has 0 spiro atoms. The van der Waals surface area contributed by atoms with E-state index in [4.69, 9.17) is 5.11 Å². The summed E-state index contributed by atoms with van der Waals surface area (Å²) in [5, 5.41) is 43.9. The largest absolute Gasteiger partial charge is 0.481 e. The van der Waals surface area contributed by atoms with Crippen LogP contribution in [0.4, 0.5) is 13.2 Å². The van der Waals surface area contributed by atoms with Gasteiger partial charge in [0, 0.05) is 19.3 Å². The van der Waals surface area contributed by atoms with E-state index in [1.165, 1.54) is 27.7 Å². The van der Waals surface area contributed by atoms with Gasteiger partial charge in [0.15, 0.2) is 0 Å². The molecule has 24 heteroatoms. The number of benzene rings is 2. The van der Waals surface area contributed by atoms with Crippen LogP contribution in [0.3, 0.4) is 0 Å². The van der Waals surface area contributed by atoms with Gasteiger partial charge in [0.2, 0.25) is 41.2 Å². The summed E-state index contributed by atoms with van der Waals surface area (Å²) < 4.78 is 41.6. The van der Waals surface area contributed by atoms with Gasteiger partial charge in [-0.3, -0.25) is 52.7 Å². The highest BCUT2D eigenvalue weighted by atomic mass is 19.4. The first-order valence-electron chi connectivity index (χ1n) is 22.9. The van der Waals surface area contributed by atoms with Crippen molar-refractivity contribution in [1.82, 2.24) is 37.2 Å². The van der Waals surface area contributed by atoms with Crippen molar-refractivity contribution in [3.63, 3.8) is 0 Å². The number of amides is 7. The van der Waals surface area contributed by atoms with Crippen molar-refractivity contribution >= 4 is 65.0 Å². The van der Waals surface area contributed by atoms with E-state index in [9.17, 15) is 76.1 Å². The van der Waals surface area contributed by atoms with Crippen LogP contribution in [0.2, 0.25) is 0 Å². The van der Waals surface area contributed by atoms with Gasteiger partial charge >= 0.3 is 24.1 Å². The summed E-state index contributed by atoms with van der Waals surface area (Å²) in [6.07, 6.45) is -11.2.